The molecular formula is C23H22N6O4S. The predicted octanol–water partition coefficient (Wildman–Crippen LogP) is 4.15. The molecule has 174 valence electrons. The third-order valence-corrected chi connectivity index (χ3v) is 5.63. The van der Waals surface area contributed by atoms with Crippen molar-refractivity contribution in [2.75, 3.05) is 18.2 Å². The number of rotatable bonds is 9. The van der Waals surface area contributed by atoms with Gasteiger partial charge in [0.05, 0.1) is 29.8 Å². The molecule has 0 saturated carbocycles. The van der Waals surface area contributed by atoms with Crippen LogP contribution in [0.15, 0.2) is 64.0 Å². The number of aryl methyl sites for hydroxylation is 1. The van der Waals surface area contributed by atoms with Crippen molar-refractivity contribution in [1.29, 1.82) is 0 Å². The number of carbonyl (C=O) groups is 1. The topological polar surface area (TPSA) is 138 Å². The Balaban J connectivity index is 1.43. The number of methoxy groups -OCH3 is 1. The molecule has 0 spiro atoms. The summed E-state index contributed by atoms with van der Waals surface area (Å²) in [5.74, 6) is 1.78. The standard InChI is InChI=1S/C23H22N6O4S/c1-14-11-15(33-29-14)13-34-19-10-6-3-7-16(19)21(30)32-12-20-26-22(24)28-23(27-20)25-17-8-4-5-9-18(17)31-2/h3-11H,12-13H2,1-2H3,(H3,24,25,26,27,28). The predicted molar refractivity (Wildman–Crippen MR) is 127 cm³/mol. The Hall–Kier alpha value is -4.12. The number of thioether (sulfide) groups is 1. The van der Waals surface area contributed by atoms with Crippen LogP contribution in [0.3, 0.4) is 0 Å². The Morgan fingerprint density at radius 1 is 1.12 bits per heavy atom. The maximum absolute atomic E-state index is 12.8. The Morgan fingerprint density at radius 3 is 2.71 bits per heavy atom. The molecule has 2 heterocycles. The lowest BCUT2D eigenvalue weighted by Crippen LogP contribution is -2.12. The van der Waals surface area contributed by atoms with Gasteiger partial charge in [0.25, 0.3) is 0 Å². The molecule has 34 heavy (non-hydrogen) atoms. The zero-order chi connectivity index (χ0) is 23.9. The van der Waals surface area contributed by atoms with E-state index in [-0.39, 0.29) is 24.3 Å². The van der Waals surface area contributed by atoms with Gasteiger partial charge in [-0.15, -0.1) is 11.8 Å². The Labute approximate surface area is 199 Å². The molecule has 0 atom stereocenters. The lowest BCUT2D eigenvalue weighted by Gasteiger charge is -2.11. The molecule has 0 aliphatic carbocycles. The number of nitrogens with two attached hydrogens (primary N) is 1. The summed E-state index contributed by atoms with van der Waals surface area (Å²) in [6, 6.07) is 16.3. The summed E-state index contributed by atoms with van der Waals surface area (Å²) in [5, 5.41) is 6.92. The van der Waals surface area contributed by atoms with Crippen LogP contribution in [0.25, 0.3) is 0 Å². The normalized spacial score (nSPS) is 10.6. The molecule has 0 saturated heterocycles. The lowest BCUT2D eigenvalue weighted by atomic mass is 10.2. The van der Waals surface area contributed by atoms with Crippen LogP contribution in [0, 0.1) is 6.92 Å². The molecule has 2 aromatic heterocycles. The maximum atomic E-state index is 12.8. The molecule has 0 amide bonds. The van der Waals surface area contributed by atoms with Crippen molar-refractivity contribution >= 4 is 35.3 Å². The molecule has 0 bridgehead atoms. The fourth-order valence-electron chi connectivity index (χ4n) is 3.03. The first-order valence-electron chi connectivity index (χ1n) is 10.2. The number of anilines is 3. The zero-order valence-corrected chi connectivity index (χ0v) is 19.3. The van der Waals surface area contributed by atoms with Crippen molar-refractivity contribution in [3.63, 3.8) is 0 Å². The molecule has 0 aliphatic rings. The van der Waals surface area contributed by atoms with Gasteiger partial charge in [-0.1, -0.05) is 29.4 Å². The minimum absolute atomic E-state index is 0.00301. The van der Waals surface area contributed by atoms with Crippen molar-refractivity contribution < 1.29 is 18.8 Å². The summed E-state index contributed by atoms with van der Waals surface area (Å²) < 4.78 is 16.0. The lowest BCUT2D eigenvalue weighted by molar-refractivity contribution is 0.0458. The molecule has 0 aliphatic heterocycles. The number of aromatic nitrogens is 4. The highest BCUT2D eigenvalue weighted by Gasteiger charge is 2.16. The number of para-hydroxylation sites is 2. The van der Waals surface area contributed by atoms with Crippen LogP contribution in [0.5, 0.6) is 5.75 Å². The number of benzene rings is 2. The van der Waals surface area contributed by atoms with E-state index in [2.05, 4.69) is 25.4 Å². The van der Waals surface area contributed by atoms with Gasteiger partial charge in [-0.3, -0.25) is 0 Å². The van der Waals surface area contributed by atoms with Crippen molar-refractivity contribution in [2.24, 2.45) is 0 Å². The van der Waals surface area contributed by atoms with Crippen LogP contribution in [-0.2, 0) is 17.1 Å². The van der Waals surface area contributed by atoms with Gasteiger partial charge < -0.3 is 25.0 Å². The fourth-order valence-corrected chi connectivity index (χ4v) is 3.94. The third-order valence-electron chi connectivity index (χ3n) is 4.54. The van der Waals surface area contributed by atoms with E-state index in [0.29, 0.717) is 22.8 Å². The maximum Gasteiger partial charge on any atom is 0.339 e. The van der Waals surface area contributed by atoms with Gasteiger partial charge in [-0.2, -0.15) is 15.0 Å². The van der Waals surface area contributed by atoms with E-state index in [1.165, 1.54) is 11.8 Å². The summed E-state index contributed by atoms with van der Waals surface area (Å²) >= 11 is 1.46. The van der Waals surface area contributed by atoms with E-state index in [0.717, 1.165) is 16.3 Å². The van der Waals surface area contributed by atoms with Gasteiger partial charge in [-0.25, -0.2) is 4.79 Å². The molecule has 0 radical (unpaired) electrons. The molecule has 10 nitrogen and oxygen atoms in total. The van der Waals surface area contributed by atoms with Crippen LogP contribution in [-0.4, -0.2) is 33.2 Å². The van der Waals surface area contributed by atoms with Gasteiger partial charge in [0.2, 0.25) is 11.9 Å². The Morgan fingerprint density at radius 2 is 1.91 bits per heavy atom. The Kier molecular flexibility index (Phi) is 7.23. The molecule has 4 rings (SSSR count). The monoisotopic (exact) mass is 478 g/mol. The summed E-state index contributed by atoms with van der Waals surface area (Å²) in [4.78, 5) is 26.0. The summed E-state index contributed by atoms with van der Waals surface area (Å²) in [6.07, 6.45) is 0. The van der Waals surface area contributed by atoms with E-state index in [9.17, 15) is 4.79 Å². The molecule has 0 fully saturated rings. The van der Waals surface area contributed by atoms with E-state index >= 15 is 0 Å². The van der Waals surface area contributed by atoms with Gasteiger partial charge in [-0.05, 0) is 31.2 Å². The first kappa shape index (κ1) is 23.1. The minimum atomic E-state index is -0.505. The van der Waals surface area contributed by atoms with Gasteiger partial charge in [0.1, 0.15) is 11.5 Å². The number of hydrogen-bond donors (Lipinski definition) is 2. The van der Waals surface area contributed by atoms with Gasteiger partial charge >= 0.3 is 5.97 Å². The molecule has 11 heteroatoms. The number of nitrogen functional groups attached to an aromatic ring is 1. The average Bonchev–Trinajstić information content (AvgIpc) is 3.26. The van der Waals surface area contributed by atoms with Crippen molar-refractivity contribution in [3.05, 3.63) is 77.4 Å². The number of ether oxygens (including phenoxy) is 2. The van der Waals surface area contributed by atoms with Crippen LogP contribution in [0.1, 0.15) is 27.6 Å². The Bertz CT molecular complexity index is 1300. The summed E-state index contributed by atoms with van der Waals surface area (Å²) in [7, 11) is 1.57. The second-order valence-corrected chi connectivity index (χ2v) is 8.07. The summed E-state index contributed by atoms with van der Waals surface area (Å²) in [6.45, 7) is 1.68. The van der Waals surface area contributed by atoms with Gasteiger partial charge in [0.15, 0.2) is 12.4 Å². The van der Waals surface area contributed by atoms with Crippen molar-refractivity contribution in [1.82, 2.24) is 20.1 Å². The highest BCUT2D eigenvalue weighted by molar-refractivity contribution is 7.98. The molecule has 0 unspecified atom stereocenters. The quantitative estimate of drug-likeness (QED) is 0.265. The van der Waals surface area contributed by atoms with Crippen LogP contribution < -0.4 is 15.8 Å². The highest BCUT2D eigenvalue weighted by atomic mass is 32.2. The number of esters is 1. The number of hydrogen-bond acceptors (Lipinski definition) is 11. The molecular weight excluding hydrogens is 456 g/mol. The number of nitrogens with one attached hydrogen (secondary N) is 1. The second kappa shape index (κ2) is 10.7. The third kappa shape index (κ3) is 5.81. The highest BCUT2D eigenvalue weighted by Crippen LogP contribution is 2.28. The van der Waals surface area contributed by atoms with E-state index in [4.69, 9.17) is 19.7 Å². The summed E-state index contributed by atoms with van der Waals surface area (Å²) in [5.41, 5.74) is 7.72. The van der Waals surface area contributed by atoms with E-state index < -0.39 is 5.97 Å². The van der Waals surface area contributed by atoms with Crippen molar-refractivity contribution in [2.45, 2.75) is 24.2 Å². The minimum Gasteiger partial charge on any atom is -0.495 e. The van der Waals surface area contributed by atoms with Crippen LogP contribution in [0.2, 0.25) is 0 Å². The largest absolute Gasteiger partial charge is 0.495 e. The first-order valence-corrected chi connectivity index (χ1v) is 11.2. The SMILES string of the molecule is COc1ccccc1Nc1nc(N)nc(COC(=O)c2ccccc2SCc2cc(C)no2)n1. The van der Waals surface area contributed by atoms with E-state index in [1.807, 2.05) is 43.3 Å². The van der Waals surface area contributed by atoms with Crippen LogP contribution >= 0.6 is 11.8 Å². The van der Waals surface area contributed by atoms with Gasteiger partial charge in [0, 0.05) is 11.0 Å². The average molecular weight is 479 g/mol. The molecule has 4 aromatic rings. The first-order chi connectivity index (χ1) is 16.5. The number of nitrogens with zero attached hydrogens (tertiary/aromatic N) is 4. The second-order valence-electron chi connectivity index (χ2n) is 7.05. The smallest absolute Gasteiger partial charge is 0.339 e. The van der Waals surface area contributed by atoms with Crippen molar-refractivity contribution in [3.8, 4) is 5.75 Å². The number of carbonyl (C=O) groups excluding carboxylic acids is 1. The molecule has 2 aromatic carbocycles. The van der Waals surface area contributed by atoms with E-state index in [1.54, 1.807) is 25.3 Å². The molecule has 3 N–H and O–H groups in total. The van der Waals surface area contributed by atoms with Crippen LogP contribution in [0.4, 0.5) is 17.6 Å². The zero-order valence-electron chi connectivity index (χ0n) is 18.5. The fraction of sp³-hybridized carbons (Fsp3) is 0.174.